The van der Waals surface area contributed by atoms with Gasteiger partial charge in [0.15, 0.2) is 11.5 Å². The summed E-state index contributed by atoms with van der Waals surface area (Å²) in [7, 11) is 4.02. The Morgan fingerprint density at radius 3 is 1.62 bits per heavy atom. The average molecular weight is 682 g/mol. The number of rotatable bonds is 16. The normalized spacial score (nSPS) is 11.7. The second-order valence-electron chi connectivity index (χ2n) is 12.2. The van der Waals surface area contributed by atoms with Gasteiger partial charge in [-0.05, 0) is 59.4 Å². The molecule has 2 aromatic carbocycles. The molecule has 1 heterocycles. The van der Waals surface area contributed by atoms with E-state index >= 15 is 0 Å². The van der Waals surface area contributed by atoms with Crippen molar-refractivity contribution in [3.05, 3.63) is 91.7 Å². The Morgan fingerprint density at radius 2 is 1.16 bits per heavy atom. The Bertz CT molecular complexity index is 1850. The molecule has 3 aromatic rings. The van der Waals surface area contributed by atoms with Crippen molar-refractivity contribution < 1.29 is 9.47 Å². The molecule has 1 aliphatic rings. The zero-order valence-electron chi connectivity index (χ0n) is 29.4. The van der Waals surface area contributed by atoms with E-state index < -0.39 is 0 Å². The van der Waals surface area contributed by atoms with E-state index in [1.807, 2.05) is 80.9 Å². The minimum absolute atomic E-state index is 0.0961. The molecule has 0 atom stereocenters. The predicted octanol–water partition coefficient (Wildman–Crippen LogP) is 10.6. The molecule has 8 heteroatoms. The summed E-state index contributed by atoms with van der Waals surface area (Å²) < 4.78 is 13.1. The summed E-state index contributed by atoms with van der Waals surface area (Å²) >= 11 is 1.48. The highest BCUT2D eigenvalue weighted by Gasteiger charge is 2.33. The van der Waals surface area contributed by atoms with Crippen molar-refractivity contribution in [1.82, 2.24) is 0 Å². The molecule has 4 rings (SSSR count). The van der Waals surface area contributed by atoms with Gasteiger partial charge in [0.1, 0.15) is 35.4 Å². The number of unbranched alkanes of at least 4 members (excludes halogenated alkanes) is 6. The molecule has 0 N–H and O–H groups in total. The molecule has 0 bridgehead atoms. The van der Waals surface area contributed by atoms with Crippen LogP contribution >= 0.6 is 11.3 Å². The smallest absolute Gasteiger partial charge is 0.179 e. The van der Waals surface area contributed by atoms with Crippen LogP contribution in [-0.2, 0) is 0 Å². The Kier molecular flexibility index (Phi) is 14.1. The SMILES string of the molecule is CCCCCCOc1c(C=C2C(=C(C#N)C#N)c3ccccc3C2=C(C#N)C#N)sc(/C=C/c2ccc(N(C)C)cc2)c1OCCCCCC. The largest absolute Gasteiger partial charge is 0.488 e. The fourth-order valence-electron chi connectivity index (χ4n) is 5.80. The Balaban J connectivity index is 1.95. The van der Waals surface area contributed by atoms with E-state index in [1.165, 1.54) is 11.3 Å². The molecular weight excluding hydrogens is 639 g/mol. The van der Waals surface area contributed by atoms with Crippen LogP contribution in [0, 0.1) is 45.3 Å². The van der Waals surface area contributed by atoms with Crippen molar-refractivity contribution in [2.45, 2.75) is 65.2 Å². The molecule has 7 nitrogen and oxygen atoms in total. The van der Waals surface area contributed by atoms with E-state index in [0.29, 0.717) is 52.6 Å². The lowest BCUT2D eigenvalue weighted by Gasteiger charge is -2.12. The minimum atomic E-state index is -0.0961. The number of anilines is 1. The molecule has 254 valence electrons. The fraction of sp³-hybridized carbons (Fsp3) is 0.333. The molecule has 0 saturated carbocycles. The van der Waals surface area contributed by atoms with Crippen molar-refractivity contribution in [3.63, 3.8) is 0 Å². The Labute approximate surface area is 300 Å². The van der Waals surface area contributed by atoms with Crippen LogP contribution in [0.2, 0.25) is 0 Å². The van der Waals surface area contributed by atoms with Crippen LogP contribution in [0.1, 0.15) is 91.7 Å². The highest BCUT2D eigenvalue weighted by molar-refractivity contribution is 7.14. The molecule has 0 radical (unpaired) electrons. The summed E-state index contributed by atoms with van der Waals surface area (Å²) in [5.74, 6) is 1.22. The predicted molar refractivity (Wildman–Crippen MR) is 204 cm³/mol. The molecule has 1 aliphatic carbocycles. The van der Waals surface area contributed by atoms with Crippen molar-refractivity contribution in [3.8, 4) is 35.8 Å². The molecule has 0 spiro atoms. The number of hydrogen-bond donors (Lipinski definition) is 0. The fourth-order valence-corrected chi connectivity index (χ4v) is 6.84. The lowest BCUT2D eigenvalue weighted by molar-refractivity contribution is 0.260. The molecule has 50 heavy (non-hydrogen) atoms. The first-order chi connectivity index (χ1) is 24.4. The van der Waals surface area contributed by atoms with Crippen LogP contribution in [0.5, 0.6) is 11.5 Å². The number of benzene rings is 2. The molecule has 1 aromatic heterocycles. The molecular formula is C42H43N5O2S. The maximum absolute atomic E-state index is 10.1. The topological polar surface area (TPSA) is 117 Å². The van der Waals surface area contributed by atoms with Crippen LogP contribution in [0.3, 0.4) is 0 Å². The molecule has 0 fully saturated rings. The van der Waals surface area contributed by atoms with Gasteiger partial charge in [-0.15, -0.1) is 11.3 Å². The monoisotopic (exact) mass is 681 g/mol. The van der Waals surface area contributed by atoms with Gasteiger partial charge in [-0.2, -0.15) is 21.0 Å². The quantitative estimate of drug-likeness (QED) is 0.109. The van der Waals surface area contributed by atoms with Crippen LogP contribution in [0.15, 0.2) is 65.3 Å². The van der Waals surface area contributed by atoms with E-state index in [-0.39, 0.29) is 11.1 Å². The lowest BCUT2D eigenvalue weighted by atomic mass is 9.96. The van der Waals surface area contributed by atoms with Gasteiger partial charge in [0.25, 0.3) is 0 Å². The zero-order chi connectivity index (χ0) is 35.9. The summed E-state index contributed by atoms with van der Waals surface area (Å²) in [6, 6.07) is 23.7. The van der Waals surface area contributed by atoms with Crippen LogP contribution in [0.4, 0.5) is 5.69 Å². The number of thiophene rings is 1. The summed E-state index contributed by atoms with van der Waals surface area (Å²) in [5.41, 5.74) is 4.45. The Hall–Kier alpha value is -5.54. The number of hydrogen-bond acceptors (Lipinski definition) is 8. The summed E-state index contributed by atoms with van der Waals surface area (Å²) in [6.07, 6.45) is 14.3. The standard InChI is InChI=1S/C42H43N5O2S/c1-5-7-9-13-23-48-41-37(22-19-30-17-20-33(21-18-30)47(3)4)50-38(42(41)49-24-14-10-8-6-2)25-36-39(31(26-43)27-44)34-15-11-12-16-35(34)40(36)32(28-45)29-46/h11-12,15-22,25H,5-10,13-14,23-24H2,1-4H3/b22-19+. The van der Waals surface area contributed by atoms with Gasteiger partial charge in [0.2, 0.25) is 0 Å². The zero-order valence-corrected chi connectivity index (χ0v) is 30.2. The van der Waals surface area contributed by atoms with Crippen molar-refractivity contribution >= 4 is 46.4 Å². The van der Waals surface area contributed by atoms with Crippen molar-refractivity contribution in [2.24, 2.45) is 0 Å². The molecule has 0 unspecified atom stereocenters. The van der Waals surface area contributed by atoms with Crippen LogP contribution in [0.25, 0.3) is 29.4 Å². The molecule has 0 amide bonds. The van der Waals surface area contributed by atoms with Crippen molar-refractivity contribution in [1.29, 1.82) is 21.0 Å². The number of nitriles is 4. The van der Waals surface area contributed by atoms with E-state index in [9.17, 15) is 21.0 Å². The average Bonchev–Trinajstić information content (AvgIpc) is 3.62. The van der Waals surface area contributed by atoms with E-state index in [0.717, 1.165) is 72.4 Å². The summed E-state index contributed by atoms with van der Waals surface area (Å²) in [4.78, 5) is 3.64. The van der Waals surface area contributed by atoms with E-state index in [4.69, 9.17) is 9.47 Å². The third-order valence-corrected chi connectivity index (χ3v) is 9.49. The van der Waals surface area contributed by atoms with Crippen molar-refractivity contribution in [2.75, 3.05) is 32.2 Å². The van der Waals surface area contributed by atoms with Gasteiger partial charge in [-0.3, -0.25) is 0 Å². The highest BCUT2D eigenvalue weighted by atomic mass is 32.1. The maximum atomic E-state index is 10.1. The second kappa shape index (κ2) is 18.9. The summed E-state index contributed by atoms with van der Waals surface area (Å²) in [6.45, 7) is 5.37. The number of ether oxygens (including phenoxy) is 2. The van der Waals surface area contributed by atoms with E-state index in [2.05, 4.69) is 43.0 Å². The van der Waals surface area contributed by atoms with Gasteiger partial charge < -0.3 is 14.4 Å². The van der Waals surface area contributed by atoms with E-state index in [1.54, 1.807) is 0 Å². The first-order valence-corrected chi connectivity index (χ1v) is 18.0. The maximum Gasteiger partial charge on any atom is 0.179 e. The van der Waals surface area contributed by atoms with Gasteiger partial charge >= 0.3 is 0 Å². The van der Waals surface area contributed by atoms with Crippen LogP contribution < -0.4 is 14.4 Å². The van der Waals surface area contributed by atoms with Gasteiger partial charge in [-0.25, -0.2) is 0 Å². The van der Waals surface area contributed by atoms with Crippen LogP contribution in [-0.4, -0.2) is 27.3 Å². The third-order valence-electron chi connectivity index (χ3n) is 8.43. The van der Waals surface area contributed by atoms with Gasteiger partial charge in [-0.1, -0.05) is 94.8 Å². The first kappa shape index (κ1) is 37.3. The minimum Gasteiger partial charge on any atom is -0.488 e. The molecule has 0 aliphatic heterocycles. The number of nitrogens with zero attached hydrogens (tertiary/aromatic N) is 5. The Morgan fingerprint density at radius 1 is 0.660 bits per heavy atom. The second-order valence-corrected chi connectivity index (χ2v) is 13.3. The summed E-state index contributed by atoms with van der Waals surface area (Å²) in [5, 5.41) is 40.2. The lowest BCUT2D eigenvalue weighted by Crippen LogP contribution is -2.07. The third kappa shape index (κ3) is 8.92. The highest BCUT2D eigenvalue weighted by Crippen LogP contribution is 2.52. The molecule has 0 saturated heterocycles. The number of allylic oxidation sites excluding steroid dienone is 5. The number of fused-ring (bicyclic) bond motifs is 1. The first-order valence-electron chi connectivity index (χ1n) is 17.2. The van der Waals surface area contributed by atoms with Gasteiger partial charge in [0, 0.05) is 30.9 Å². The van der Waals surface area contributed by atoms with Gasteiger partial charge in [0.05, 0.1) is 23.0 Å².